The SMILES string of the molecule is O=C(NCc1ccccc1)c1cccc(NC(=S)Nc2ccc(F)cc2F)c1. The van der Waals surface area contributed by atoms with Gasteiger partial charge in [-0.1, -0.05) is 36.4 Å². The van der Waals surface area contributed by atoms with E-state index in [1.54, 1.807) is 24.3 Å². The van der Waals surface area contributed by atoms with E-state index >= 15 is 0 Å². The molecule has 0 spiro atoms. The third-order valence-corrected chi connectivity index (χ3v) is 4.06. The summed E-state index contributed by atoms with van der Waals surface area (Å²) in [6.07, 6.45) is 0. The summed E-state index contributed by atoms with van der Waals surface area (Å²) < 4.78 is 26.7. The van der Waals surface area contributed by atoms with Crippen molar-refractivity contribution in [3.8, 4) is 0 Å². The number of thiocarbonyl (C=S) groups is 1. The average molecular weight is 397 g/mol. The van der Waals surface area contributed by atoms with Gasteiger partial charge in [0.05, 0.1) is 5.69 Å². The summed E-state index contributed by atoms with van der Waals surface area (Å²) in [7, 11) is 0. The summed E-state index contributed by atoms with van der Waals surface area (Å²) in [4.78, 5) is 12.4. The summed E-state index contributed by atoms with van der Waals surface area (Å²) in [6, 6.07) is 19.5. The number of benzene rings is 3. The van der Waals surface area contributed by atoms with Crippen molar-refractivity contribution in [3.63, 3.8) is 0 Å². The van der Waals surface area contributed by atoms with Gasteiger partial charge in [0.15, 0.2) is 5.11 Å². The van der Waals surface area contributed by atoms with Gasteiger partial charge in [0, 0.05) is 23.9 Å². The molecular weight excluding hydrogens is 380 g/mol. The fourth-order valence-corrected chi connectivity index (χ4v) is 2.72. The Bertz CT molecular complexity index is 996. The van der Waals surface area contributed by atoms with Crippen molar-refractivity contribution in [3.05, 3.63) is 95.6 Å². The van der Waals surface area contributed by atoms with Gasteiger partial charge in [0.2, 0.25) is 0 Å². The molecule has 0 aliphatic heterocycles. The molecule has 0 radical (unpaired) electrons. The van der Waals surface area contributed by atoms with Crippen molar-refractivity contribution in [2.24, 2.45) is 0 Å². The number of nitrogens with one attached hydrogen (secondary N) is 3. The van der Waals surface area contributed by atoms with Crippen molar-refractivity contribution in [1.29, 1.82) is 0 Å². The Morgan fingerprint density at radius 1 is 0.893 bits per heavy atom. The van der Waals surface area contributed by atoms with Gasteiger partial charge in [0.25, 0.3) is 5.91 Å². The average Bonchev–Trinajstić information content (AvgIpc) is 2.69. The standard InChI is InChI=1S/C21H17F2N3OS/c22-16-9-10-19(18(23)12-16)26-21(28)25-17-8-4-7-15(11-17)20(27)24-13-14-5-2-1-3-6-14/h1-12H,13H2,(H,24,27)(H2,25,26,28). The van der Waals surface area contributed by atoms with E-state index in [-0.39, 0.29) is 16.7 Å². The first kappa shape index (κ1) is 19.4. The molecule has 0 saturated carbocycles. The highest BCUT2D eigenvalue weighted by Gasteiger charge is 2.09. The van der Waals surface area contributed by atoms with Crippen LogP contribution >= 0.6 is 12.2 Å². The van der Waals surface area contributed by atoms with Gasteiger partial charge in [-0.3, -0.25) is 4.79 Å². The van der Waals surface area contributed by atoms with Crippen LogP contribution in [0.3, 0.4) is 0 Å². The Kier molecular flexibility index (Phi) is 6.29. The molecule has 7 heteroatoms. The summed E-state index contributed by atoms with van der Waals surface area (Å²) in [5.41, 5.74) is 2.07. The number of amides is 1. The maximum atomic E-state index is 13.7. The van der Waals surface area contributed by atoms with Gasteiger partial charge in [-0.2, -0.15) is 0 Å². The van der Waals surface area contributed by atoms with E-state index in [4.69, 9.17) is 12.2 Å². The topological polar surface area (TPSA) is 53.2 Å². The fraction of sp³-hybridized carbons (Fsp3) is 0.0476. The first-order valence-corrected chi connectivity index (χ1v) is 8.87. The fourth-order valence-electron chi connectivity index (χ4n) is 2.49. The minimum atomic E-state index is -0.752. The number of carbonyl (C=O) groups is 1. The predicted octanol–water partition coefficient (Wildman–Crippen LogP) is 4.70. The zero-order chi connectivity index (χ0) is 19.9. The van der Waals surface area contributed by atoms with Crippen molar-refractivity contribution >= 4 is 34.6 Å². The van der Waals surface area contributed by atoms with E-state index in [9.17, 15) is 13.6 Å². The lowest BCUT2D eigenvalue weighted by Gasteiger charge is -2.12. The second kappa shape index (κ2) is 9.05. The Hall–Kier alpha value is -3.32. The van der Waals surface area contributed by atoms with E-state index in [0.29, 0.717) is 17.8 Å². The van der Waals surface area contributed by atoms with Crippen LogP contribution < -0.4 is 16.0 Å². The van der Waals surface area contributed by atoms with Crippen LogP contribution in [0, 0.1) is 11.6 Å². The molecule has 0 atom stereocenters. The first-order chi connectivity index (χ1) is 13.5. The molecule has 28 heavy (non-hydrogen) atoms. The van der Waals surface area contributed by atoms with E-state index in [1.165, 1.54) is 6.07 Å². The Morgan fingerprint density at radius 2 is 1.68 bits per heavy atom. The molecule has 4 nitrogen and oxygen atoms in total. The molecule has 3 aromatic rings. The van der Waals surface area contributed by atoms with E-state index in [1.807, 2.05) is 30.3 Å². The monoisotopic (exact) mass is 397 g/mol. The smallest absolute Gasteiger partial charge is 0.251 e. The third-order valence-electron chi connectivity index (χ3n) is 3.86. The second-order valence-electron chi connectivity index (χ2n) is 5.95. The first-order valence-electron chi connectivity index (χ1n) is 8.46. The summed E-state index contributed by atoms with van der Waals surface area (Å²) in [6.45, 7) is 0.418. The molecule has 0 saturated heterocycles. The van der Waals surface area contributed by atoms with Crippen LogP contribution in [0.2, 0.25) is 0 Å². The van der Waals surface area contributed by atoms with Crippen LogP contribution in [0.15, 0.2) is 72.8 Å². The van der Waals surface area contributed by atoms with Crippen molar-refractivity contribution in [2.75, 3.05) is 10.6 Å². The largest absolute Gasteiger partial charge is 0.348 e. The second-order valence-corrected chi connectivity index (χ2v) is 6.36. The molecule has 0 aromatic heterocycles. The lowest BCUT2D eigenvalue weighted by Crippen LogP contribution is -2.23. The minimum absolute atomic E-state index is 0.0515. The lowest BCUT2D eigenvalue weighted by atomic mass is 10.1. The summed E-state index contributed by atoms with van der Waals surface area (Å²) >= 11 is 5.15. The summed E-state index contributed by atoms with van der Waals surface area (Å²) in [5, 5.41) is 8.51. The molecule has 3 rings (SSSR count). The lowest BCUT2D eigenvalue weighted by molar-refractivity contribution is 0.0951. The van der Waals surface area contributed by atoms with Crippen LogP contribution in [0.5, 0.6) is 0 Å². The number of halogens is 2. The number of rotatable bonds is 5. The van der Waals surface area contributed by atoms with Crippen molar-refractivity contribution < 1.29 is 13.6 Å². The molecule has 0 fully saturated rings. The molecule has 0 unspecified atom stereocenters. The van der Waals surface area contributed by atoms with Crippen molar-refractivity contribution in [2.45, 2.75) is 6.54 Å². The maximum Gasteiger partial charge on any atom is 0.251 e. The van der Waals surface area contributed by atoms with Crippen molar-refractivity contribution in [1.82, 2.24) is 5.32 Å². The molecule has 142 valence electrons. The molecule has 3 aromatic carbocycles. The van der Waals surface area contributed by atoms with E-state index in [2.05, 4.69) is 16.0 Å². The summed E-state index contributed by atoms with van der Waals surface area (Å²) in [5.74, 6) is -1.65. The molecule has 3 N–H and O–H groups in total. The Balaban J connectivity index is 1.60. The van der Waals surface area contributed by atoms with E-state index in [0.717, 1.165) is 17.7 Å². The van der Waals surface area contributed by atoms with Gasteiger partial charge in [-0.15, -0.1) is 0 Å². The molecular formula is C21H17F2N3OS. The van der Waals surface area contributed by atoms with Gasteiger partial charge < -0.3 is 16.0 Å². The Morgan fingerprint density at radius 3 is 2.43 bits per heavy atom. The van der Waals surface area contributed by atoms with Gasteiger partial charge in [0.1, 0.15) is 11.6 Å². The molecule has 1 amide bonds. The van der Waals surface area contributed by atoms with Crippen LogP contribution in [0.1, 0.15) is 15.9 Å². The Labute approximate surface area is 166 Å². The molecule has 0 bridgehead atoms. The quantitative estimate of drug-likeness (QED) is 0.546. The highest BCUT2D eigenvalue weighted by molar-refractivity contribution is 7.80. The molecule has 0 aliphatic rings. The van der Waals surface area contributed by atoms with E-state index < -0.39 is 11.6 Å². The number of hydrogen-bond donors (Lipinski definition) is 3. The minimum Gasteiger partial charge on any atom is -0.348 e. The third kappa shape index (κ3) is 5.34. The van der Waals surface area contributed by atoms with Gasteiger partial charge >= 0.3 is 0 Å². The van der Waals surface area contributed by atoms with Crippen LogP contribution in [-0.2, 0) is 6.54 Å². The zero-order valence-corrected chi connectivity index (χ0v) is 15.5. The number of carbonyl (C=O) groups excluding carboxylic acids is 1. The molecule has 0 heterocycles. The maximum absolute atomic E-state index is 13.7. The van der Waals surface area contributed by atoms with Gasteiger partial charge in [-0.05, 0) is 48.1 Å². The molecule has 0 aliphatic carbocycles. The van der Waals surface area contributed by atoms with Gasteiger partial charge in [-0.25, -0.2) is 8.78 Å². The highest BCUT2D eigenvalue weighted by Crippen LogP contribution is 2.16. The van der Waals surface area contributed by atoms with Crippen LogP contribution in [0.25, 0.3) is 0 Å². The number of anilines is 2. The highest BCUT2D eigenvalue weighted by atomic mass is 32.1. The normalized spacial score (nSPS) is 10.2. The predicted molar refractivity (Wildman–Crippen MR) is 110 cm³/mol. The number of hydrogen-bond acceptors (Lipinski definition) is 2. The zero-order valence-electron chi connectivity index (χ0n) is 14.7. The van der Waals surface area contributed by atoms with Crippen LogP contribution in [-0.4, -0.2) is 11.0 Å². The van der Waals surface area contributed by atoms with Crippen LogP contribution in [0.4, 0.5) is 20.2 Å².